The lowest BCUT2D eigenvalue weighted by Crippen LogP contribution is -2.12. The number of carbonyl (C=O) groups excluding carboxylic acids is 1. The summed E-state index contributed by atoms with van der Waals surface area (Å²) < 4.78 is 50.5. The number of amides is 1. The van der Waals surface area contributed by atoms with Crippen LogP contribution >= 0.6 is 11.6 Å². The Morgan fingerprint density at radius 3 is 2.47 bits per heavy atom. The van der Waals surface area contributed by atoms with Gasteiger partial charge in [0, 0.05) is 0 Å². The number of halogens is 5. The van der Waals surface area contributed by atoms with Crippen molar-refractivity contribution in [3.63, 3.8) is 0 Å². The molecular weight excluding hydrogens is 262 g/mol. The van der Waals surface area contributed by atoms with Crippen LogP contribution in [0.4, 0.5) is 23.2 Å². The van der Waals surface area contributed by atoms with Crippen molar-refractivity contribution in [2.75, 3.05) is 5.32 Å². The van der Waals surface area contributed by atoms with E-state index in [0.29, 0.717) is 12.1 Å². The van der Waals surface area contributed by atoms with Crippen LogP contribution in [-0.4, -0.2) is 5.91 Å². The van der Waals surface area contributed by atoms with E-state index >= 15 is 0 Å². The lowest BCUT2D eigenvalue weighted by Gasteiger charge is -2.12. The molecular formula is C10H6ClF4NO. The fourth-order valence-electron chi connectivity index (χ4n) is 1.05. The van der Waals surface area contributed by atoms with Crippen LogP contribution in [0.15, 0.2) is 24.8 Å². The minimum Gasteiger partial charge on any atom is -0.320 e. The largest absolute Gasteiger partial charge is 0.417 e. The molecule has 17 heavy (non-hydrogen) atoms. The van der Waals surface area contributed by atoms with E-state index in [0.717, 1.165) is 6.08 Å². The van der Waals surface area contributed by atoms with Crippen molar-refractivity contribution >= 4 is 23.2 Å². The van der Waals surface area contributed by atoms with Gasteiger partial charge in [0.25, 0.3) is 0 Å². The highest BCUT2D eigenvalue weighted by molar-refractivity contribution is 6.31. The second-order valence-electron chi connectivity index (χ2n) is 3.00. The predicted molar refractivity (Wildman–Crippen MR) is 55.2 cm³/mol. The van der Waals surface area contributed by atoms with E-state index in [1.54, 1.807) is 0 Å². The fourth-order valence-corrected chi connectivity index (χ4v) is 1.30. The summed E-state index contributed by atoms with van der Waals surface area (Å²) in [4.78, 5) is 10.9. The maximum absolute atomic E-state index is 13.2. The lowest BCUT2D eigenvalue weighted by atomic mass is 10.2. The topological polar surface area (TPSA) is 29.1 Å². The second-order valence-corrected chi connectivity index (χ2v) is 3.41. The number of hydrogen-bond donors (Lipinski definition) is 1. The summed E-state index contributed by atoms with van der Waals surface area (Å²) in [5, 5.41) is 1.14. The number of hydrogen-bond acceptors (Lipinski definition) is 1. The smallest absolute Gasteiger partial charge is 0.320 e. The van der Waals surface area contributed by atoms with Gasteiger partial charge in [-0.15, -0.1) is 0 Å². The number of benzene rings is 1. The lowest BCUT2D eigenvalue weighted by molar-refractivity contribution is -0.137. The molecule has 0 unspecified atom stereocenters. The van der Waals surface area contributed by atoms with Crippen molar-refractivity contribution in [2.24, 2.45) is 0 Å². The third-order valence-electron chi connectivity index (χ3n) is 1.81. The number of rotatable bonds is 2. The Bertz CT molecular complexity index is 470. The van der Waals surface area contributed by atoms with Gasteiger partial charge in [0.1, 0.15) is 5.82 Å². The molecule has 0 aliphatic rings. The standard InChI is InChI=1S/C10H6ClF4NO/c1-2-9(17)16-8-3-5(10(13,14)15)6(11)4-7(8)12/h2-4H,1H2,(H,16,17). The zero-order valence-corrected chi connectivity index (χ0v) is 8.99. The summed E-state index contributed by atoms with van der Waals surface area (Å²) in [7, 11) is 0. The first-order chi connectivity index (χ1) is 7.75. The fraction of sp³-hybridized carbons (Fsp3) is 0.100. The Labute approximate surface area is 98.9 Å². The van der Waals surface area contributed by atoms with Gasteiger partial charge in [-0.2, -0.15) is 13.2 Å². The number of alkyl halides is 3. The number of carbonyl (C=O) groups is 1. The van der Waals surface area contributed by atoms with Gasteiger partial charge >= 0.3 is 6.18 Å². The van der Waals surface area contributed by atoms with Gasteiger partial charge in [-0.05, 0) is 18.2 Å². The molecule has 0 radical (unpaired) electrons. The summed E-state index contributed by atoms with van der Waals surface area (Å²) in [6.07, 6.45) is -3.92. The van der Waals surface area contributed by atoms with Crippen molar-refractivity contribution in [1.29, 1.82) is 0 Å². The second kappa shape index (κ2) is 4.75. The molecule has 1 amide bonds. The van der Waals surface area contributed by atoms with Crippen molar-refractivity contribution in [2.45, 2.75) is 6.18 Å². The van der Waals surface area contributed by atoms with Crippen molar-refractivity contribution in [1.82, 2.24) is 0 Å². The van der Waals surface area contributed by atoms with Gasteiger partial charge in [-0.3, -0.25) is 4.79 Å². The van der Waals surface area contributed by atoms with Gasteiger partial charge < -0.3 is 5.32 Å². The molecule has 2 nitrogen and oxygen atoms in total. The first-order valence-electron chi connectivity index (χ1n) is 4.25. The number of nitrogens with one attached hydrogen (secondary N) is 1. The van der Waals surface area contributed by atoms with Crippen LogP contribution in [0.1, 0.15) is 5.56 Å². The third-order valence-corrected chi connectivity index (χ3v) is 2.12. The number of anilines is 1. The zero-order chi connectivity index (χ0) is 13.2. The Hall–Kier alpha value is -1.56. The van der Waals surface area contributed by atoms with Crippen LogP contribution in [0, 0.1) is 5.82 Å². The quantitative estimate of drug-likeness (QED) is 0.643. The van der Waals surface area contributed by atoms with E-state index in [1.165, 1.54) is 0 Å². The molecule has 0 spiro atoms. The van der Waals surface area contributed by atoms with E-state index in [9.17, 15) is 22.4 Å². The molecule has 1 rings (SSSR count). The van der Waals surface area contributed by atoms with Crippen LogP contribution in [-0.2, 0) is 11.0 Å². The van der Waals surface area contributed by atoms with E-state index in [2.05, 4.69) is 6.58 Å². The van der Waals surface area contributed by atoms with Gasteiger partial charge in [0.15, 0.2) is 0 Å². The Kier molecular flexibility index (Phi) is 3.77. The molecule has 7 heteroatoms. The van der Waals surface area contributed by atoms with Crippen LogP contribution in [0.2, 0.25) is 5.02 Å². The highest BCUT2D eigenvalue weighted by Gasteiger charge is 2.34. The summed E-state index contributed by atoms with van der Waals surface area (Å²) in [6, 6.07) is 0.919. The highest BCUT2D eigenvalue weighted by Crippen LogP contribution is 2.37. The molecule has 1 N–H and O–H groups in total. The van der Waals surface area contributed by atoms with Crippen LogP contribution < -0.4 is 5.32 Å². The maximum Gasteiger partial charge on any atom is 0.417 e. The Balaban J connectivity index is 3.24. The first kappa shape index (κ1) is 13.5. The first-order valence-corrected chi connectivity index (χ1v) is 4.63. The third kappa shape index (κ3) is 3.20. The van der Waals surface area contributed by atoms with Crippen LogP contribution in [0.5, 0.6) is 0 Å². The van der Waals surface area contributed by atoms with Gasteiger partial charge in [0.05, 0.1) is 16.3 Å². The molecule has 0 heterocycles. The maximum atomic E-state index is 13.2. The van der Waals surface area contributed by atoms with E-state index in [1.807, 2.05) is 5.32 Å². The van der Waals surface area contributed by atoms with Crippen LogP contribution in [0.25, 0.3) is 0 Å². The molecule has 0 atom stereocenters. The van der Waals surface area contributed by atoms with Crippen molar-refractivity contribution < 1.29 is 22.4 Å². The normalized spacial score (nSPS) is 11.1. The van der Waals surface area contributed by atoms with Gasteiger partial charge in [-0.25, -0.2) is 4.39 Å². The molecule has 0 aromatic heterocycles. The van der Waals surface area contributed by atoms with Crippen molar-refractivity contribution in [3.8, 4) is 0 Å². The summed E-state index contributed by atoms with van der Waals surface area (Å²) >= 11 is 5.26. The SMILES string of the molecule is C=CC(=O)Nc1cc(C(F)(F)F)c(Cl)cc1F. The molecule has 92 valence electrons. The Morgan fingerprint density at radius 1 is 1.41 bits per heavy atom. The summed E-state index contributed by atoms with van der Waals surface area (Å²) in [5.74, 6) is -1.88. The molecule has 0 bridgehead atoms. The molecule has 1 aromatic rings. The molecule has 0 fully saturated rings. The molecule has 0 saturated heterocycles. The average molecular weight is 268 g/mol. The summed E-state index contributed by atoms with van der Waals surface area (Å²) in [6.45, 7) is 3.09. The Morgan fingerprint density at radius 2 is 2.00 bits per heavy atom. The molecule has 0 saturated carbocycles. The minimum atomic E-state index is -4.72. The summed E-state index contributed by atoms with van der Waals surface area (Å²) in [5.41, 5.74) is -1.83. The highest BCUT2D eigenvalue weighted by atomic mass is 35.5. The zero-order valence-electron chi connectivity index (χ0n) is 8.24. The molecule has 0 aliphatic heterocycles. The van der Waals surface area contributed by atoms with Gasteiger partial charge in [0.2, 0.25) is 5.91 Å². The van der Waals surface area contributed by atoms with Crippen molar-refractivity contribution in [3.05, 3.63) is 41.2 Å². The minimum absolute atomic E-state index is 0.430. The average Bonchev–Trinajstić information content (AvgIpc) is 2.19. The van der Waals surface area contributed by atoms with E-state index < -0.39 is 34.2 Å². The molecule has 1 aromatic carbocycles. The van der Waals surface area contributed by atoms with Gasteiger partial charge in [-0.1, -0.05) is 18.2 Å². The van der Waals surface area contributed by atoms with Crippen LogP contribution in [0.3, 0.4) is 0 Å². The van der Waals surface area contributed by atoms with E-state index in [4.69, 9.17) is 11.6 Å². The monoisotopic (exact) mass is 267 g/mol. The molecule has 0 aliphatic carbocycles. The van der Waals surface area contributed by atoms with E-state index in [-0.39, 0.29) is 0 Å². The predicted octanol–water partition coefficient (Wildman–Crippen LogP) is 3.62.